The summed E-state index contributed by atoms with van der Waals surface area (Å²) < 4.78 is 5.75. The van der Waals surface area contributed by atoms with E-state index in [9.17, 15) is 4.79 Å². The van der Waals surface area contributed by atoms with Crippen molar-refractivity contribution in [1.29, 1.82) is 0 Å². The fourth-order valence-electron chi connectivity index (χ4n) is 2.46. The summed E-state index contributed by atoms with van der Waals surface area (Å²) in [5.41, 5.74) is 5.59. The monoisotopic (exact) mass is 269 g/mol. The van der Waals surface area contributed by atoms with E-state index in [2.05, 4.69) is 15.1 Å². The van der Waals surface area contributed by atoms with E-state index in [1.807, 2.05) is 7.05 Å². The molecule has 2 saturated heterocycles. The van der Waals surface area contributed by atoms with Gasteiger partial charge in [-0.1, -0.05) is 11.3 Å². The van der Waals surface area contributed by atoms with Gasteiger partial charge in [-0.25, -0.2) is 0 Å². The van der Waals surface area contributed by atoms with Crippen LogP contribution in [0.3, 0.4) is 0 Å². The fourth-order valence-corrected chi connectivity index (χ4v) is 3.09. The Morgan fingerprint density at radius 2 is 2.28 bits per heavy atom. The fraction of sp³-hybridized carbons (Fsp3) is 0.700. The van der Waals surface area contributed by atoms with E-state index in [0.29, 0.717) is 18.2 Å². The number of anilines is 2. The van der Waals surface area contributed by atoms with Crippen molar-refractivity contribution in [1.82, 2.24) is 15.1 Å². The van der Waals surface area contributed by atoms with Gasteiger partial charge in [-0.05, 0) is 0 Å². The first-order valence-corrected chi connectivity index (χ1v) is 6.68. The molecule has 0 aromatic carbocycles. The number of hydrogen-bond acceptors (Lipinski definition) is 7. The summed E-state index contributed by atoms with van der Waals surface area (Å²) in [5, 5.41) is 9.10. The van der Waals surface area contributed by atoms with Crippen LogP contribution in [0.25, 0.3) is 0 Å². The molecule has 0 bridgehead atoms. The summed E-state index contributed by atoms with van der Waals surface area (Å²) in [7, 11) is 1.84. The second kappa shape index (κ2) is 4.36. The van der Waals surface area contributed by atoms with Crippen LogP contribution in [-0.4, -0.2) is 59.9 Å². The van der Waals surface area contributed by atoms with Gasteiger partial charge in [0.25, 0.3) is 0 Å². The highest BCUT2D eigenvalue weighted by molar-refractivity contribution is 7.18. The average Bonchev–Trinajstić information content (AvgIpc) is 2.91. The molecule has 2 fully saturated rings. The van der Waals surface area contributed by atoms with Crippen molar-refractivity contribution >= 4 is 27.5 Å². The maximum atomic E-state index is 11.8. The van der Waals surface area contributed by atoms with Gasteiger partial charge in [0.2, 0.25) is 16.2 Å². The molecule has 0 spiro atoms. The van der Waals surface area contributed by atoms with E-state index < -0.39 is 0 Å². The normalized spacial score (nSPS) is 28.4. The molecule has 0 aliphatic carbocycles. The van der Waals surface area contributed by atoms with E-state index in [4.69, 9.17) is 10.5 Å². The van der Waals surface area contributed by atoms with Gasteiger partial charge in [0.15, 0.2) is 0 Å². The first kappa shape index (κ1) is 11.7. The van der Waals surface area contributed by atoms with E-state index >= 15 is 0 Å². The van der Waals surface area contributed by atoms with Gasteiger partial charge >= 0.3 is 0 Å². The number of aromatic nitrogens is 2. The Morgan fingerprint density at radius 1 is 1.44 bits per heavy atom. The van der Waals surface area contributed by atoms with Gasteiger partial charge < -0.3 is 20.3 Å². The molecule has 1 aromatic rings. The molecule has 7 nitrogen and oxygen atoms in total. The summed E-state index contributed by atoms with van der Waals surface area (Å²) >= 11 is 1.36. The highest BCUT2D eigenvalue weighted by Gasteiger charge is 2.40. The molecule has 2 atom stereocenters. The van der Waals surface area contributed by atoms with Crippen molar-refractivity contribution < 1.29 is 9.53 Å². The summed E-state index contributed by atoms with van der Waals surface area (Å²) in [5.74, 6) is 0.140. The minimum atomic E-state index is 0.0478. The van der Waals surface area contributed by atoms with Crippen molar-refractivity contribution in [2.45, 2.75) is 18.6 Å². The van der Waals surface area contributed by atoms with Crippen LogP contribution >= 0.6 is 11.3 Å². The van der Waals surface area contributed by atoms with Crippen LogP contribution in [0, 0.1) is 0 Å². The summed E-state index contributed by atoms with van der Waals surface area (Å²) in [6.07, 6.45) is 0.515. The molecular weight excluding hydrogens is 254 g/mol. The molecular formula is C10H15N5O2S. The maximum Gasteiger partial charge on any atom is 0.225 e. The first-order chi connectivity index (χ1) is 8.65. The molecule has 8 heteroatoms. The predicted octanol–water partition coefficient (Wildman–Crippen LogP) is -0.444. The van der Waals surface area contributed by atoms with E-state index in [1.165, 1.54) is 11.3 Å². The Hall–Kier alpha value is -1.41. The maximum absolute atomic E-state index is 11.8. The average molecular weight is 269 g/mol. The lowest BCUT2D eigenvalue weighted by molar-refractivity contribution is -0.130. The van der Waals surface area contributed by atoms with Crippen LogP contribution in [0.2, 0.25) is 0 Å². The number of nitrogens with two attached hydrogens (primary N) is 1. The van der Waals surface area contributed by atoms with E-state index in [0.717, 1.165) is 18.2 Å². The Bertz CT molecular complexity index is 465. The second-order valence-electron chi connectivity index (χ2n) is 4.56. The molecule has 98 valence electrons. The number of amides is 1. The smallest absolute Gasteiger partial charge is 0.225 e. The van der Waals surface area contributed by atoms with Gasteiger partial charge in [0, 0.05) is 20.1 Å². The van der Waals surface area contributed by atoms with Crippen LogP contribution < -0.4 is 10.6 Å². The minimum absolute atomic E-state index is 0.0478. The van der Waals surface area contributed by atoms with Crippen molar-refractivity contribution in [2.24, 2.45) is 0 Å². The van der Waals surface area contributed by atoms with Crippen molar-refractivity contribution in [3.63, 3.8) is 0 Å². The van der Waals surface area contributed by atoms with Gasteiger partial charge in [-0.3, -0.25) is 4.79 Å². The zero-order chi connectivity index (χ0) is 12.7. The topological polar surface area (TPSA) is 84.6 Å². The molecule has 2 aliphatic heterocycles. The van der Waals surface area contributed by atoms with Crippen molar-refractivity contribution in [3.8, 4) is 0 Å². The molecule has 1 amide bonds. The van der Waals surface area contributed by atoms with Crippen LogP contribution in [0.15, 0.2) is 0 Å². The third kappa shape index (κ3) is 1.91. The van der Waals surface area contributed by atoms with Gasteiger partial charge in [-0.15, -0.1) is 10.2 Å². The number of ether oxygens (including phenoxy) is 1. The molecule has 2 aliphatic rings. The molecule has 0 radical (unpaired) electrons. The van der Waals surface area contributed by atoms with Gasteiger partial charge in [0.1, 0.15) is 0 Å². The predicted molar refractivity (Wildman–Crippen MR) is 67.4 cm³/mol. The van der Waals surface area contributed by atoms with Gasteiger partial charge in [-0.2, -0.15) is 0 Å². The molecule has 3 heterocycles. The molecule has 1 aromatic heterocycles. The lowest BCUT2D eigenvalue weighted by Crippen LogP contribution is -2.42. The van der Waals surface area contributed by atoms with Crippen LogP contribution in [0.4, 0.5) is 10.3 Å². The van der Waals surface area contributed by atoms with Crippen LogP contribution in [-0.2, 0) is 9.53 Å². The number of hydrogen-bond donors (Lipinski definition) is 1. The van der Waals surface area contributed by atoms with Gasteiger partial charge in [0.05, 0.1) is 25.2 Å². The Kier molecular flexibility index (Phi) is 2.83. The third-order valence-electron chi connectivity index (χ3n) is 3.48. The summed E-state index contributed by atoms with van der Waals surface area (Å²) in [6, 6.07) is 0.0881. The third-order valence-corrected chi connectivity index (χ3v) is 4.29. The van der Waals surface area contributed by atoms with Crippen LogP contribution in [0.5, 0.6) is 0 Å². The molecule has 3 rings (SSSR count). The summed E-state index contributed by atoms with van der Waals surface area (Å²) in [6.45, 7) is 1.95. The quantitative estimate of drug-likeness (QED) is 0.744. The second-order valence-corrected chi connectivity index (χ2v) is 5.55. The number of carbonyl (C=O) groups is 1. The van der Waals surface area contributed by atoms with E-state index in [1.54, 1.807) is 4.90 Å². The van der Waals surface area contributed by atoms with Crippen LogP contribution in [0.1, 0.15) is 6.42 Å². The Morgan fingerprint density at radius 3 is 3.00 bits per heavy atom. The Labute approximate surface area is 109 Å². The summed E-state index contributed by atoms with van der Waals surface area (Å²) in [4.78, 5) is 15.7. The number of rotatable bonds is 1. The number of carbonyl (C=O) groups excluding carboxylic acids is 1. The van der Waals surface area contributed by atoms with E-state index in [-0.39, 0.29) is 18.1 Å². The highest BCUT2D eigenvalue weighted by atomic mass is 32.1. The SMILES string of the molecule is CN1C(=O)CCO[C@H]2CN(c3nnc(N)s3)C[C@@H]21. The highest BCUT2D eigenvalue weighted by Crippen LogP contribution is 2.29. The zero-order valence-electron chi connectivity index (χ0n) is 10.1. The lowest BCUT2D eigenvalue weighted by atomic mass is 10.2. The molecule has 0 saturated carbocycles. The number of nitrogen functional groups attached to an aromatic ring is 1. The zero-order valence-corrected chi connectivity index (χ0v) is 10.9. The van der Waals surface area contributed by atoms with Crippen molar-refractivity contribution in [2.75, 3.05) is 37.4 Å². The first-order valence-electron chi connectivity index (χ1n) is 5.86. The minimum Gasteiger partial charge on any atom is -0.374 e. The molecule has 0 unspecified atom stereocenters. The number of nitrogens with zero attached hydrogens (tertiary/aromatic N) is 4. The largest absolute Gasteiger partial charge is 0.374 e. The number of likely N-dealkylation sites (N-methyl/N-ethyl adjacent to an activating group) is 1. The number of fused-ring (bicyclic) bond motifs is 1. The standard InChI is InChI=1S/C10H15N5O2S/c1-14-6-4-15(10-13-12-9(11)18-10)5-7(6)17-3-2-8(14)16/h6-7H,2-5H2,1H3,(H2,11,12)/t6-,7-/m0/s1. The Balaban J connectivity index is 1.79. The van der Waals surface area contributed by atoms with Crippen molar-refractivity contribution in [3.05, 3.63) is 0 Å². The lowest BCUT2D eigenvalue weighted by Gasteiger charge is -2.24. The molecule has 18 heavy (non-hydrogen) atoms. The molecule has 2 N–H and O–H groups in total.